The molecule has 0 saturated heterocycles. The lowest BCUT2D eigenvalue weighted by Crippen LogP contribution is -2.18. The van der Waals surface area contributed by atoms with E-state index in [0.717, 1.165) is 11.9 Å². The molecule has 4 rings (SSSR count). The van der Waals surface area contributed by atoms with Gasteiger partial charge in [0.05, 0.1) is 5.52 Å². The molecule has 1 aromatic carbocycles. The van der Waals surface area contributed by atoms with Gasteiger partial charge in [-0.15, -0.1) is 0 Å². The van der Waals surface area contributed by atoms with Gasteiger partial charge in [0, 0.05) is 22.8 Å². The van der Waals surface area contributed by atoms with E-state index in [0.29, 0.717) is 6.04 Å². The number of nitrogens with one attached hydrogen (secondary N) is 1. The summed E-state index contributed by atoms with van der Waals surface area (Å²) in [4.78, 5) is 4.91. The lowest BCUT2D eigenvalue weighted by atomic mass is 9.92. The van der Waals surface area contributed by atoms with Gasteiger partial charge in [-0.1, -0.05) is 31.0 Å². The first-order valence-electron chi connectivity index (χ1n) is 8.09. The average Bonchev–Trinajstić information content (AvgIpc) is 3.00. The third-order valence-corrected chi connectivity index (χ3v) is 4.87. The largest absolute Gasteiger partial charge is 0.381 e. The Balaban J connectivity index is 1.85. The van der Waals surface area contributed by atoms with Crippen LogP contribution in [-0.2, 0) is 12.8 Å². The highest BCUT2D eigenvalue weighted by Gasteiger charge is 2.21. The number of nitrogens with zero attached hydrogens (tertiary/aromatic N) is 1. The summed E-state index contributed by atoms with van der Waals surface area (Å²) < 4.78 is 0. The van der Waals surface area contributed by atoms with Gasteiger partial charge < -0.3 is 5.32 Å². The van der Waals surface area contributed by atoms with Crippen LogP contribution in [0.25, 0.3) is 10.9 Å². The number of aromatic nitrogens is 1. The minimum Gasteiger partial charge on any atom is -0.381 e. The van der Waals surface area contributed by atoms with E-state index >= 15 is 0 Å². The van der Waals surface area contributed by atoms with Crippen LogP contribution >= 0.6 is 0 Å². The van der Waals surface area contributed by atoms with Crippen molar-refractivity contribution in [1.29, 1.82) is 0 Å². The molecule has 1 N–H and O–H groups in total. The Morgan fingerprint density at radius 2 is 1.75 bits per heavy atom. The summed E-state index contributed by atoms with van der Waals surface area (Å²) in [6, 6.07) is 9.30. The first kappa shape index (κ1) is 12.2. The SMILES string of the molecule is c1ccc2c(NC3CCCC3)c3c(nc2c1)CCCC3. The predicted octanol–water partition coefficient (Wildman–Crippen LogP) is 4.47. The van der Waals surface area contributed by atoms with E-state index in [1.165, 1.54) is 67.3 Å². The number of anilines is 1. The molecule has 0 amide bonds. The second kappa shape index (κ2) is 5.08. The molecule has 0 aliphatic heterocycles. The number of hydrogen-bond acceptors (Lipinski definition) is 2. The smallest absolute Gasteiger partial charge is 0.0726 e. The van der Waals surface area contributed by atoms with Crippen LogP contribution < -0.4 is 5.32 Å². The molecule has 2 nitrogen and oxygen atoms in total. The van der Waals surface area contributed by atoms with E-state index < -0.39 is 0 Å². The normalized spacial score (nSPS) is 19.2. The Bertz CT molecular complexity index is 627. The predicted molar refractivity (Wildman–Crippen MR) is 84.3 cm³/mol. The third kappa shape index (κ3) is 2.07. The van der Waals surface area contributed by atoms with E-state index in [2.05, 4.69) is 29.6 Å². The molecule has 20 heavy (non-hydrogen) atoms. The molecular formula is C18H22N2. The van der Waals surface area contributed by atoms with Gasteiger partial charge in [0.25, 0.3) is 0 Å². The average molecular weight is 266 g/mol. The maximum Gasteiger partial charge on any atom is 0.0726 e. The van der Waals surface area contributed by atoms with Crippen molar-refractivity contribution in [2.24, 2.45) is 0 Å². The maximum absolute atomic E-state index is 4.91. The Hall–Kier alpha value is -1.57. The van der Waals surface area contributed by atoms with Crippen molar-refractivity contribution in [3.8, 4) is 0 Å². The first-order chi connectivity index (χ1) is 9.92. The summed E-state index contributed by atoms with van der Waals surface area (Å²) in [6.07, 6.45) is 10.4. The lowest BCUT2D eigenvalue weighted by Gasteiger charge is -2.24. The summed E-state index contributed by atoms with van der Waals surface area (Å²) in [5.41, 5.74) is 5.41. The third-order valence-electron chi connectivity index (χ3n) is 4.87. The van der Waals surface area contributed by atoms with E-state index in [4.69, 9.17) is 4.98 Å². The first-order valence-corrected chi connectivity index (χ1v) is 8.09. The molecule has 0 unspecified atom stereocenters. The zero-order valence-corrected chi connectivity index (χ0v) is 12.0. The van der Waals surface area contributed by atoms with E-state index in [1.54, 1.807) is 0 Å². The summed E-state index contributed by atoms with van der Waals surface area (Å²) in [5, 5.41) is 5.19. The van der Waals surface area contributed by atoms with Gasteiger partial charge in [0.2, 0.25) is 0 Å². The second-order valence-electron chi connectivity index (χ2n) is 6.26. The molecule has 104 valence electrons. The topological polar surface area (TPSA) is 24.9 Å². The molecule has 0 radical (unpaired) electrons. The van der Waals surface area contributed by atoms with Crippen LogP contribution in [-0.4, -0.2) is 11.0 Å². The number of benzene rings is 1. The fraction of sp³-hybridized carbons (Fsp3) is 0.500. The van der Waals surface area contributed by atoms with Gasteiger partial charge in [-0.2, -0.15) is 0 Å². The van der Waals surface area contributed by atoms with Gasteiger partial charge in [-0.05, 0) is 50.2 Å². The highest BCUT2D eigenvalue weighted by atomic mass is 14.9. The van der Waals surface area contributed by atoms with Crippen LogP contribution in [0.15, 0.2) is 24.3 Å². The molecule has 2 aliphatic carbocycles. The van der Waals surface area contributed by atoms with Gasteiger partial charge in [-0.25, -0.2) is 0 Å². The van der Waals surface area contributed by atoms with Crippen molar-refractivity contribution in [2.75, 3.05) is 5.32 Å². The molecule has 2 aliphatic rings. The van der Waals surface area contributed by atoms with Crippen molar-refractivity contribution in [2.45, 2.75) is 57.4 Å². The molecule has 2 heteroatoms. The van der Waals surface area contributed by atoms with Crippen LogP contribution in [0.1, 0.15) is 49.8 Å². The minimum atomic E-state index is 0.673. The zero-order chi connectivity index (χ0) is 13.4. The molecule has 2 aromatic rings. The maximum atomic E-state index is 4.91. The Kier molecular flexibility index (Phi) is 3.10. The summed E-state index contributed by atoms with van der Waals surface area (Å²) in [7, 11) is 0. The van der Waals surface area contributed by atoms with Crippen molar-refractivity contribution in [3.05, 3.63) is 35.5 Å². The zero-order valence-electron chi connectivity index (χ0n) is 12.0. The molecule has 1 aromatic heterocycles. The van der Waals surface area contributed by atoms with Crippen LogP contribution in [0.3, 0.4) is 0 Å². The number of hydrogen-bond donors (Lipinski definition) is 1. The monoisotopic (exact) mass is 266 g/mol. The van der Waals surface area contributed by atoms with Crippen LogP contribution in [0, 0.1) is 0 Å². The van der Waals surface area contributed by atoms with Crippen LogP contribution in [0.4, 0.5) is 5.69 Å². The number of pyridine rings is 1. The van der Waals surface area contributed by atoms with Crippen molar-refractivity contribution in [1.82, 2.24) is 4.98 Å². The molecule has 0 atom stereocenters. The van der Waals surface area contributed by atoms with Gasteiger partial charge >= 0.3 is 0 Å². The van der Waals surface area contributed by atoms with Crippen molar-refractivity contribution in [3.63, 3.8) is 0 Å². The Labute approximate surface area is 120 Å². The fourth-order valence-corrected chi connectivity index (χ4v) is 3.81. The van der Waals surface area contributed by atoms with E-state index in [9.17, 15) is 0 Å². The lowest BCUT2D eigenvalue weighted by molar-refractivity contribution is 0.668. The number of aryl methyl sites for hydroxylation is 1. The summed E-state index contributed by atoms with van der Waals surface area (Å²) >= 11 is 0. The van der Waals surface area contributed by atoms with Crippen molar-refractivity contribution >= 4 is 16.6 Å². The van der Waals surface area contributed by atoms with E-state index in [1.807, 2.05) is 0 Å². The summed E-state index contributed by atoms with van der Waals surface area (Å²) in [6.45, 7) is 0. The highest BCUT2D eigenvalue weighted by Crippen LogP contribution is 2.35. The van der Waals surface area contributed by atoms with Gasteiger partial charge in [-0.3, -0.25) is 4.98 Å². The molecular weight excluding hydrogens is 244 g/mol. The standard InChI is InChI=1S/C18H22N2/c1-2-8-13(7-1)19-18-14-9-3-5-11-16(14)20-17-12-6-4-10-15(17)18/h3,5,9,11,13H,1-2,4,6-8,10,12H2,(H,19,20). The number of para-hydroxylation sites is 1. The highest BCUT2D eigenvalue weighted by molar-refractivity contribution is 5.93. The van der Waals surface area contributed by atoms with E-state index in [-0.39, 0.29) is 0 Å². The summed E-state index contributed by atoms with van der Waals surface area (Å²) in [5.74, 6) is 0. The molecule has 0 bridgehead atoms. The number of fused-ring (bicyclic) bond motifs is 2. The van der Waals surface area contributed by atoms with Crippen LogP contribution in [0.5, 0.6) is 0 Å². The Morgan fingerprint density at radius 1 is 0.950 bits per heavy atom. The Morgan fingerprint density at radius 3 is 2.65 bits per heavy atom. The molecule has 1 saturated carbocycles. The van der Waals surface area contributed by atoms with Crippen LogP contribution in [0.2, 0.25) is 0 Å². The van der Waals surface area contributed by atoms with Gasteiger partial charge in [0.1, 0.15) is 0 Å². The molecule has 1 fully saturated rings. The van der Waals surface area contributed by atoms with Crippen molar-refractivity contribution < 1.29 is 0 Å². The molecule has 0 spiro atoms. The fourth-order valence-electron chi connectivity index (χ4n) is 3.81. The molecule has 1 heterocycles. The quantitative estimate of drug-likeness (QED) is 0.867. The minimum absolute atomic E-state index is 0.673. The van der Waals surface area contributed by atoms with Gasteiger partial charge in [0.15, 0.2) is 0 Å². The number of rotatable bonds is 2. The second-order valence-corrected chi connectivity index (χ2v) is 6.26.